The highest BCUT2D eigenvalue weighted by molar-refractivity contribution is 9.10. The molecule has 7 nitrogen and oxygen atoms in total. The van der Waals surface area contributed by atoms with E-state index < -0.39 is 0 Å². The molecule has 0 bridgehead atoms. The number of hydrogen-bond acceptors (Lipinski definition) is 6. The second kappa shape index (κ2) is 11.0. The van der Waals surface area contributed by atoms with Crippen LogP contribution in [-0.2, 0) is 6.42 Å². The van der Waals surface area contributed by atoms with Gasteiger partial charge in [0.15, 0.2) is 11.5 Å². The molecule has 0 spiro atoms. The van der Waals surface area contributed by atoms with Gasteiger partial charge in [-0.1, -0.05) is 34.1 Å². The van der Waals surface area contributed by atoms with E-state index in [2.05, 4.69) is 44.0 Å². The molecule has 1 N–H and O–H groups in total. The molecule has 0 unspecified atom stereocenters. The van der Waals surface area contributed by atoms with Gasteiger partial charge in [-0.2, -0.15) is 0 Å². The number of likely N-dealkylation sites (N-methyl/N-ethyl adjacent to an activating group) is 1. The zero-order valence-electron chi connectivity index (χ0n) is 20.6. The van der Waals surface area contributed by atoms with Crippen LogP contribution in [-0.4, -0.2) is 63.4 Å². The van der Waals surface area contributed by atoms with Crippen molar-refractivity contribution < 1.29 is 18.9 Å². The number of imidazole rings is 1. The maximum atomic E-state index is 6.09. The highest BCUT2D eigenvalue weighted by atomic mass is 79.9. The molecule has 1 heterocycles. The Kier molecular flexibility index (Phi) is 7.83. The van der Waals surface area contributed by atoms with Crippen LogP contribution >= 0.6 is 15.9 Å². The third-order valence-electron chi connectivity index (χ3n) is 5.72. The van der Waals surface area contributed by atoms with Crippen molar-refractivity contribution in [1.29, 1.82) is 0 Å². The Bertz CT molecular complexity index is 1290. The molecule has 0 saturated carbocycles. The maximum absolute atomic E-state index is 6.09. The van der Waals surface area contributed by atoms with Gasteiger partial charge in [0.05, 0.1) is 32.4 Å². The number of aromatic nitrogens is 2. The fourth-order valence-corrected chi connectivity index (χ4v) is 4.35. The number of fused-ring (bicyclic) bond motifs is 1. The van der Waals surface area contributed by atoms with Crippen molar-refractivity contribution in [3.63, 3.8) is 0 Å². The fourth-order valence-electron chi connectivity index (χ4n) is 3.93. The smallest absolute Gasteiger partial charge is 0.203 e. The van der Waals surface area contributed by atoms with Gasteiger partial charge in [0.25, 0.3) is 0 Å². The van der Waals surface area contributed by atoms with Crippen molar-refractivity contribution >= 4 is 27.0 Å². The molecule has 4 rings (SSSR count). The minimum absolute atomic E-state index is 0.543. The molecule has 0 aliphatic rings. The molecule has 184 valence electrons. The third kappa shape index (κ3) is 5.55. The number of H-pyrrole nitrogens is 1. The zero-order chi connectivity index (χ0) is 24.9. The number of ether oxygens (including phenoxy) is 4. The summed E-state index contributed by atoms with van der Waals surface area (Å²) in [6.45, 7) is 1.43. The normalized spacial score (nSPS) is 11.2. The standard InChI is InChI=1S/C27H30BrN3O4/c1-31(2)10-11-35-20-13-18(12-17-8-6-7-9-21(17)28)25-22(16-20)29-27(30-25)19-14-23(32-3)26(34-5)24(15-19)33-4/h6-9,13-16H,10-12H2,1-5H3,(H,29,30). The average Bonchev–Trinajstić information content (AvgIpc) is 3.28. The second-order valence-corrected chi connectivity index (χ2v) is 9.25. The molecule has 0 saturated heterocycles. The summed E-state index contributed by atoms with van der Waals surface area (Å²) in [5.74, 6) is 3.20. The summed E-state index contributed by atoms with van der Waals surface area (Å²) in [6, 6.07) is 16.1. The largest absolute Gasteiger partial charge is 0.493 e. The Hall–Kier alpha value is -3.23. The summed E-state index contributed by atoms with van der Waals surface area (Å²) in [4.78, 5) is 10.5. The van der Waals surface area contributed by atoms with Gasteiger partial charge in [-0.25, -0.2) is 4.98 Å². The minimum Gasteiger partial charge on any atom is -0.493 e. The van der Waals surface area contributed by atoms with Crippen LogP contribution in [0.1, 0.15) is 11.1 Å². The molecule has 0 radical (unpaired) electrons. The topological polar surface area (TPSA) is 68.8 Å². The van der Waals surface area contributed by atoms with Crippen molar-refractivity contribution in [2.24, 2.45) is 0 Å². The lowest BCUT2D eigenvalue weighted by atomic mass is 10.0. The van der Waals surface area contributed by atoms with Gasteiger partial charge in [-0.15, -0.1) is 0 Å². The first-order chi connectivity index (χ1) is 16.9. The molecule has 3 aromatic carbocycles. The second-order valence-electron chi connectivity index (χ2n) is 8.40. The summed E-state index contributed by atoms with van der Waals surface area (Å²) >= 11 is 3.68. The predicted molar refractivity (Wildman–Crippen MR) is 142 cm³/mol. The lowest BCUT2D eigenvalue weighted by Crippen LogP contribution is -2.19. The Morgan fingerprint density at radius 1 is 0.914 bits per heavy atom. The Balaban J connectivity index is 1.81. The fraction of sp³-hybridized carbons (Fsp3) is 0.296. The lowest BCUT2D eigenvalue weighted by molar-refractivity contribution is 0.261. The Morgan fingerprint density at radius 2 is 1.63 bits per heavy atom. The van der Waals surface area contributed by atoms with E-state index in [9.17, 15) is 0 Å². The van der Waals surface area contributed by atoms with Gasteiger partial charge in [0.1, 0.15) is 18.2 Å². The minimum atomic E-state index is 0.543. The van der Waals surface area contributed by atoms with Crippen LogP contribution in [0.5, 0.6) is 23.0 Å². The van der Waals surface area contributed by atoms with E-state index in [1.165, 1.54) is 5.56 Å². The van der Waals surface area contributed by atoms with Gasteiger partial charge in [0.2, 0.25) is 5.75 Å². The molecular weight excluding hydrogens is 510 g/mol. The van der Waals surface area contributed by atoms with Crippen molar-refractivity contribution in [3.05, 3.63) is 64.1 Å². The van der Waals surface area contributed by atoms with E-state index in [1.807, 2.05) is 44.4 Å². The van der Waals surface area contributed by atoms with Crippen molar-refractivity contribution in [1.82, 2.24) is 14.9 Å². The summed E-state index contributed by atoms with van der Waals surface area (Å²) in [5.41, 5.74) is 4.88. The molecule has 35 heavy (non-hydrogen) atoms. The Morgan fingerprint density at radius 3 is 2.26 bits per heavy atom. The summed E-state index contributed by atoms with van der Waals surface area (Å²) in [6.07, 6.45) is 0.711. The molecule has 4 aromatic rings. The molecule has 8 heteroatoms. The molecule has 0 fully saturated rings. The van der Waals surface area contributed by atoms with Crippen LogP contribution in [0.2, 0.25) is 0 Å². The number of methoxy groups -OCH3 is 3. The number of hydrogen-bond donors (Lipinski definition) is 1. The average molecular weight is 540 g/mol. The number of benzene rings is 3. The molecule has 1 aromatic heterocycles. The Labute approximate surface area is 214 Å². The summed E-state index contributed by atoms with van der Waals surface area (Å²) < 4.78 is 23.7. The molecular formula is C27H30BrN3O4. The number of rotatable bonds is 10. The number of nitrogens with one attached hydrogen (secondary N) is 1. The van der Waals surface area contributed by atoms with Crippen LogP contribution in [0.3, 0.4) is 0 Å². The maximum Gasteiger partial charge on any atom is 0.203 e. The molecule has 0 amide bonds. The van der Waals surface area contributed by atoms with Crippen molar-refractivity contribution in [2.75, 3.05) is 48.6 Å². The molecule has 0 aliphatic heterocycles. The predicted octanol–water partition coefficient (Wildman–Crippen LogP) is 5.55. The van der Waals surface area contributed by atoms with Crippen molar-refractivity contribution in [3.8, 4) is 34.4 Å². The molecule has 0 atom stereocenters. The van der Waals surface area contributed by atoms with Crippen LogP contribution in [0.15, 0.2) is 53.0 Å². The van der Waals surface area contributed by atoms with Gasteiger partial charge < -0.3 is 28.8 Å². The summed E-state index contributed by atoms with van der Waals surface area (Å²) in [5, 5.41) is 0. The highest BCUT2D eigenvalue weighted by Crippen LogP contribution is 2.41. The van der Waals surface area contributed by atoms with Crippen LogP contribution < -0.4 is 18.9 Å². The van der Waals surface area contributed by atoms with Crippen LogP contribution in [0.25, 0.3) is 22.4 Å². The van der Waals surface area contributed by atoms with Gasteiger partial charge in [0, 0.05) is 29.1 Å². The van der Waals surface area contributed by atoms with Crippen LogP contribution in [0.4, 0.5) is 0 Å². The highest BCUT2D eigenvalue weighted by Gasteiger charge is 2.18. The first kappa shape index (κ1) is 24.9. The first-order valence-corrected chi connectivity index (χ1v) is 12.1. The number of halogens is 1. The summed E-state index contributed by atoms with van der Waals surface area (Å²) in [7, 11) is 8.86. The van der Waals surface area contributed by atoms with E-state index in [0.29, 0.717) is 36.1 Å². The van der Waals surface area contributed by atoms with Crippen LogP contribution in [0, 0.1) is 0 Å². The molecule has 0 aliphatic carbocycles. The zero-order valence-corrected chi connectivity index (χ0v) is 22.2. The van der Waals surface area contributed by atoms with Gasteiger partial charge in [-0.3, -0.25) is 0 Å². The van der Waals surface area contributed by atoms with E-state index >= 15 is 0 Å². The van der Waals surface area contributed by atoms with Gasteiger partial charge in [-0.05, 0) is 49.5 Å². The lowest BCUT2D eigenvalue weighted by Gasteiger charge is -2.13. The van der Waals surface area contributed by atoms with E-state index in [1.54, 1.807) is 21.3 Å². The SMILES string of the molecule is COc1cc(-c2nc3c(Cc4ccccc4Br)cc(OCCN(C)C)cc3[nH]2)cc(OC)c1OC. The monoisotopic (exact) mass is 539 g/mol. The number of nitrogens with zero attached hydrogens (tertiary/aromatic N) is 2. The quantitative estimate of drug-likeness (QED) is 0.285. The van der Waals surface area contributed by atoms with E-state index in [4.69, 9.17) is 23.9 Å². The first-order valence-electron chi connectivity index (χ1n) is 11.3. The van der Waals surface area contributed by atoms with Gasteiger partial charge >= 0.3 is 0 Å². The van der Waals surface area contributed by atoms with E-state index in [0.717, 1.165) is 38.9 Å². The van der Waals surface area contributed by atoms with E-state index in [-0.39, 0.29) is 0 Å². The number of aromatic amines is 1. The van der Waals surface area contributed by atoms with Crippen molar-refractivity contribution in [2.45, 2.75) is 6.42 Å². The third-order valence-corrected chi connectivity index (χ3v) is 6.50.